The average Bonchev–Trinajstić information content (AvgIpc) is 2.73. The molecule has 1 aromatic carbocycles. The molecule has 0 spiro atoms. The second kappa shape index (κ2) is 8.08. The van der Waals surface area contributed by atoms with Crippen LogP contribution in [0.3, 0.4) is 0 Å². The molecule has 0 unspecified atom stereocenters. The molecule has 0 bridgehead atoms. The summed E-state index contributed by atoms with van der Waals surface area (Å²) in [6.07, 6.45) is -2.92. The standard InChI is InChI=1S/C22H22F3N3O2/c23-22(24,25)16-13-18(27-17-6-9-26-21(30)20(16)17)15-7-10-28(11-8-15)19(29)12-14-4-2-1-3-5-14/h1-5,13,15H,6-12H2,(H,26,30). The smallest absolute Gasteiger partial charge is 0.352 e. The summed E-state index contributed by atoms with van der Waals surface area (Å²) in [6, 6.07) is 10.5. The lowest BCUT2D eigenvalue weighted by Crippen LogP contribution is -2.39. The minimum Gasteiger partial charge on any atom is -0.352 e. The number of amides is 2. The van der Waals surface area contributed by atoms with Crippen LogP contribution in [-0.2, 0) is 23.8 Å². The molecule has 3 heterocycles. The predicted octanol–water partition coefficient (Wildman–Crippen LogP) is 3.34. The fourth-order valence-electron chi connectivity index (χ4n) is 4.18. The van der Waals surface area contributed by atoms with E-state index in [0.29, 0.717) is 38.0 Å². The molecule has 2 amide bonds. The van der Waals surface area contributed by atoms with Crippen molar-refractivity contribution in [1.29, 1.82) is 0 Å². The lowest BCUT2D eigenvalue weighted by atomic mass is 9.89. The van der Waals surface area contributed by atoms with Crippen molar-refractivity contribution < 1.29 is 22.8 Å². The highest BCUT2D eigenvalue weighted by Gasteiger charge is 2.39. The number of likely N-dealkylation sites (tertiary alicyclic amines) is 1. The summed E-state index contributed by atoms with van der Waals surface area (Å²) in [7, 11) is 0. The topological polar surface area (TPSA) is 62.3 Å². The molecule has 2 aliphatic heterocycles. The zero-order chi connectivity index (χ0) is 21.3. The van der Waals surface area contributed by atoms with E-state index in [4.69, 9.17) is 0 Å². The van der Waals surface area contributed by atoms with Crippen LogP contribution in [0.5, 0.6) is 0 Å². The SMILES string of the molecule is O=C1NCCc2nc(C3CCN(C(=O)Cc4ccccc4)CC3)cc(C(F)(F)F)c21. The van der Waals surface area contributed by atoms with Gasteiger partial charge in [-0.05, 0) is 24.5 Å². The van der Waals surface area contributed by atoms with E-state index in [1.165, 1.54) is 0 Å². The van der Waals surface area contributed by atoms with E-state index in [9.17, 15) is 22.8 Å². The van der Waals surface area contributed by atoms with Crippen molar-refractivity contribution in [3.63, 3.8) is 0 Å². The minimum atomic E-state index is -4.62. The Balaban J connectivity index is 1.49. The van der Waals surface area contributed by atoms with Crippen LogP contribution in [0.1, 0.15) is 51.6 Å². The number of hydrogen-bond acceptors (Lipinski definition) is 3. The van der Waals surface area contributed by atoms with Crippen LogP contribution in [0.25, 0.3) is 0 Å². The number of carbonyl (C=O) groups excluding carboxylic acids is 2. The van der Waals surface area contributed by atoms with Crippen LogP contribution >= 0.6 is 0 Å². The number of piperidine rings is 1. The van der Waals surface area contributed by atoms with Gasteiger partial charge >= 0.3 is 6.18 Å². The average molecular weight is 417 g/mol. The number of rotatable bonds is 3. The number of nitrogens with one attached hydrogen (secondary N) is 1. The van der Waals surface area contributed by atoms with Gasteiger partial charge in [-0.2, -0.15) is 13.2 Å². The number of halogens is 3. The highest BCUT2D eigenvalue weighted by atomic mass is 19.4. The zero-order valence-corrected chi connectivity index (χ0v) is 16.3. The number of hydrogen-bond donors (Lipinski definition) is 1. The molecule has 2 aliphatic rings. The van der Waals surface area contributed by atoms with Gasteiger partial charge in [0.2, 0.25) is 5.91 Å². The van der Waals surface area contributed by atoms with Gasteiger partial charge in [0.05, 0.1) is 23.2 Å². The zero-order valence-electron chi connectivity index (χ0n) is 16.3. The Labute approximate surface area is 172 Å². The molecular weight excluding hydrogens is 395 g/mol. The van der Waals surface area contributed by atoms with Crippen molar-refractivity contribution in [3.8, 4) is 0 Å². The van der Waals surface area contributed by atoms with Gasteiger partial charge < -0.3 is 10.2 Å². The lowest BCUT2D eigenvalue weighted by Gasteiger charge is -2.32. The number of alkyl halides is 3. The van der Waals surface area contributed by atoms with Crippen LogP contribution < -0.4 is 5.32 Å². The van der Waals surface area contributed by atoms with Crippen LogP contribution in [0.2, 0.25) is 0 Å². The maximum absolute atomic E-state index is 13.6. The van der Waals surface area contributed by atoms with Crippen molar-refractivity contribution in [3.05, 3.63) is 64.5 Å². The molecule has 1 aromatic heterocycles. The summed E-state index contributed by atoms with van der Waals surface area (Å²) < 4.78 is 40.8. The van der Waals surface area contributed by atoms with Gasteiger partial charge in [0.15, 0.2) is 0 Å². The number of carbonyl (C=O) groups is 2. The van der Waals surface area contributed by atoms with Crippen molar-refractivity contribution in [2.75, 3.05) is 19.6 Å². The fraction of sp³-hybridized carbons (Fsp3) is 0.409. The normalized spacial score (nSPS) is 17.4. The number of benzene rings is 1. The van der Waals surface area contributed by atoms with E-state index >= 15 is 0 Å². The van der Waals surface area contributed by atoms with Crippen molar-refractivity contribution in [2.24, 2.45) is 0 Å². The first kappa shape index (κ1) is 20.4. The van der Waals surface area contributed by atoms with Gasteiger partial charge in [-0.25, -0.2) is 0 Å². The van der Waals surface area contributed by atoms with E-state index in [2.05, 4.69) is 10.3 Å². The number of pyridine rings is 1. The Bertz CT molecular complexity index is 952. The Morgan fingerprint density at radius 3 is 2.53 bits per heavy atom. The molecule has 4 rings (SSSR count). The Hall–Kier alpha value is -2.90. The van der Waals surface area contributed by atoms with Crippen LogP contribution in [0, 0.1) is 0 Å². The molecule has 1 N–H and O–H groups in total. The first-order chi connectivity index (χ1) is 14.3. The molecule has 5 nitrogen and oxygen atoms in total. The highest BCUT2D eigenvalue weighted by Crippen LogP contribution is 2.37. The third-order valence-electron chi connectivity index (χ3n) is 5.76. The van der Waals surface area contributed by atoms with Gasteiger partial charge in [-0.3, -0.25) is 14.6 Å². The quantitative estimate of drug-likeness (QED) is 0.833. The largest absolute Gasteiger partial charge is 0.417 e. The molecule has 1 saturated heterocycles. The highest BCUT2D eigenvalue weighted by molar-refractivity contribution is 5.98. The molecule has 158 valence electrons. The summed E-state index contributed by atoms with van der Waals surface area (Å²) in [4.78, 5) is 30.8. The van der Waals surface area contributed by atoms with E-state index in [0.717, 1.165) is 11.6 Å². The molecular formula is C22H22F3N3O2. The second-order valence-electron chi connectivity index (χ2n) is 7.74. The Morgan fingerprint density at radius 2 is 1.87 bits per heavy atom. The van der Waals surface area contributed by atoms with Gasteiger partial charge in [0.25, 0.3) is 5.91 Å². The Kier molecular flexibility index (Phi) is 5.49. The maximum atomic E-state index is 13.6. The molecule has 30 heavy (non-hydrogen) atoms. The molecule has 0 atom stereocenters. The third kappa shape index (κ3) is 4.17. The van der Waals surface area contributed by atoms with E-state index in [-0.39, 0.29) is 36.0 Å². The van der Waals surface area contributed by atoms with Gasteiger partial charge in [0.1, 0.15) is 0 Å². The maximum Gasteiger partial charge on any atom is 0.417 e. The summed E-state index contributed by atoms with van der Waals surface area (Å²) >= 11 is 0. The van der Waals surface area contributed by atoms with Gasteiger partial charge in [-0.1, -0.05) is 30.3 Å². The summed E-state index contributed by atoms with van der Waals surface area (Å²) in [5, 5.41) is 2.46. The number of aromatic nitrogens is 1. The predicted molar refractivity (Wildman–Crippen MR) is 104 cm³/mol. The van der Waals surface area contributed by atoms with Crippen LogP contribution in [0.15, 0.2) is 36.4 Å². The third-order valence-corrected chi connectivity index (χ3v) is 5.76. The number of fused-ring (bicyclic) bond motifs is 1. The minimum absolute atomic E-state index is 0.0192. The van der Waals surface area contributed by atoms with E-state index in [1.54, 1.807) is 4.90 Å². The fourth-order valence-corrected chi connectivity index (χ4v) is 4.18. The van der Waals surface area contributed by atoms with Gasteiger partial charge in [-0.15, -0.1) is 0 Å². The second-order valence-corrected chi connectivity index (χ2v) is 7.74. The van der Waals surface area contributed by atoms with Crippen molar-refractivity contribution in [1.82, 2.24) is 15.2 Å². The first-order valence-corrected chi connectivity index (χ1v) is 10.0. The molecule has 0 radical (unpaired) electrons. The van der Waals surface area contributed by atoms with E-state index in [1.807, 2.05) is 30.3 Å². The summed E-state index contributed by atoms with van der Waals surface area (Å²) in [5.41, 5.74) is 0.251. The molecule has 2 aromatic rings. The number of nitrogens with zero attached hydrogens (tertiary/aromatic N) is 2. The summed E-state index contributed by atoms with van der Waals surface area (Å²) in [6.45, 7) is 1.25. The van der Waals surface area contributed by atoms with Gasteiger partial charge in [0, 0.05) is 37.7 Å². The van der Waals surface area contributed by atoms with Crippen molar-refractivity contribution >= 4 is 11.8 Å². The summed E-state index contributed by atoms with van der Waals surface area (Å²) in [5.74, 6) is -0.864. The monoisotopic (exact) mass is 417 g/mol. The molecule has 0 aliphatic carbocycles. The molecule has 0 saturated carbocycles. The van der Waals surface area contributed by atoms with E-state index < -0.39 is 17.6 Å². The molecule has 8 heteroatoms. The van der Waals surface area contributed by atoms with Crippen LogP contribution in [0.4, 0.5) is 13.2 Å². The van der Waals surface area contributed by atoms with Crippen molar-refractivity contribution in [2.45, 2.75) is 37.8 Å². The first-order valence-electron chi connectivity index (χ1n) is 10.0. The Morgan fingerprint density at radius 1 is 1.17 bits per heavy atom. The van der Waals surface area contributed by atoms with Crippen LogP contribution in [-0.4, -0.2) is 41.3 Å². The molecule has 1 fully saturated rings. The lowest BCUT2D eigenvalue weighted by molar-refractivity contribution is -0.138.